The van der Waals surface area contributed by atoms with Gasteiger partial charge in [0.05, 0.1) is 0 Å². The van der Waals surface area contributed by atoms with Gasteiger partial charge in [-0.25, -0.2) is 9.97 Å². The maximum atomic E-state index is 4.57. The first kappa shape index (κ1) is 15.0. The van der Waals surface area contributed by atoms with Crippen molar-refractivity contribution < 1.29 is 0 Å². The van der Waals surface area contributed by atoms with Gasteiger partial charge in [-0.3, -0.25) is 0 Å². The van der Waals surface area contributed by atoms with Crippen molar-refractivity contribution in [1.82, 2.24) is 19.8 Å². The lowest BCUT2D eigenvalue weighted by Crippen LogP contribution is -2.44. The normalized spacial score (nSPS) is 16.8. The fourth-order valence-electron chi connectivity index (χ4n) is 2.25. The molecule has 0 atom stereocenters. The molecule has 1 aromatic heterocycles. The van der Waals surface area contributed by atoms with E-state index >= 15 is 0 Å². The first-order valence-electron chi connectivity index (χ1n) is 7.22. The topological polar surface area (TPSA) is 47.5 Å². The van der Waals surface area contributed by atoms with Gasteiger partial charge in [-0.05, 0) is 28.1 Å². The molecule has 20 heavy (non-hydrogen) atoms. The number of rotatable bonds is 5. The number of aryl methyl sites for hydroxylation is 1. The molecule has 0 aromatic carbocycles. The van der Waals surface area contributed by atoms with Crippen LogP contribution in [-0.4, -0.2) is 80.2 Å². The molecule has 1 aliphatic rings. The van der Waals surface area contributed by atoms with Crippen molar-refractivity contribution in [3.05, 3.63) is 11.9 Å². The molecule has 6 heteroatoms. The van der Waals surface area contributed by atoms with Crippen LogP contribution in [0.25, 0.3) is 0 Å². The Balaban J connectivity index is 2.00. The van der Waals surface area contributed by atoms with Gasteiger partial charge in [-0.2, -0.15) is 0 Å². The number of nitrogens with zero attached hydrogens (tertiary/aromatic N) is 5. The zero-order chi connectivity index (χ0) is 14.5. The van der Waals surface area contributed by atoms with Gasteiger partial charge in [0.25, 0.3) is 0 Å². The van der Waals surface area contributed by atoms with E-state index in [-0.39, 0.29) is 0 Å². The number of aromatic nitrogens is 2. The largest absolute Gasteiger partial charge is 0.369 e. The van der Waals surface area contributed by atoms with E-state index in [0.717, 1.165) is 56.7 Å². The Bertz CT molecular complexity index is 426. The van der Waals surface area contributed by atoms with Crippen LogP contribution in [0.5, 0.6) is 0 Å². The molecule has 1 fully saturated rings. The molecule has 0 unspecified atom stereocenters. The van der Waals surface area contributed by atoms with Gasteiger partial charge < -0.3 is 20.0 Å². The van der Waals surface area contributed by atoms with Crippen LogP contribution < -0.4 is 10.2 Å². The van der Waals surface area contributed by atoms with Crippen molar-refractivity contribution in [2.75, 3.05) is 70.6 Å². The molecule has 0 spiro atoms. The molecule has 0 amide bonds. The summed E-state index contributed by atoms with van der Waals surface area (Å²) in [5.41, 5.74) is 0. The molecule has 2 rings (SSSR count). The Hall–Kier alpha value is -1.40. The van der Waals surface area contributed by atoms with Gasteiger partial charge in [0.2, 0.25) is 0 Å². The van der Waals surface area contributed by atoms with Crippen LogP contribution in [-0.2, 0) is 0 Å². The number of nitrogens with one attached hydrogen (secondary N) is 1. The van der Waals surface area contributed by atoms with E-state index in [9.17, 15) is 0 Å². The SMILES string of the molecule is Cc1nc(NCCN(C)C)cc(N2CCN(C)CC2)n1. The maximum Gasteiger partial charge on any atom is 0.134 e. The van der Waals surface area contributed by atoms with Gasteiger partial charge >= 0.3 is 0 Å². The van der Waals surface area contributed by atoms with Crippen molar-refractivity contribution >= 4 is 11.6 Å². The molecular formula is C14H26N6. The second-order valence-corrected chi connectivity index (χ2v) is 5.68. The lowest BCUT2D eigenvalue weighted by Gasteiger charge is -2.33. The highest BCUT2D eigenvalue weighted by molar-refractivity contribution is 5.49. The summed E-state index contributed by atoms with van der Waals surface area (Å²) in [6.07, 6.45) is 0. The van der Waals surface area contributed by atoms with Crippen LogP contribution in [0.3, 0.4) is 0 Å². The smallest absolute Gasteiger partial charge is 0.134 e. The van der Waals surface area contributed by atoms with E-state index in [1.54, 1.807) is 0 Å². The number of hydrogen-bond acceptors (Lipinski definition) is 6. The second kappa shape index (κ2) is 6.85. The summed E-state index contributed by atoms with van der Waals surface area (Å²) in [5, 5.41) is 3.38. The van der Waals surface area contributed by atoms with Crippen LogP contribution in [0.2, 0.25) is 0 Å². The molecule has 1 N–H and O–H groups in total. The van der Waals surface area contributed by atoms with Crippen LogP contribution in [0.4, 0.5) is 11.6 Å². The van der Waals surface area contributed by atoms with Crippen molar-refractivity contribution in [1.29, 1.82) is 0 Å². The van der Waals surface area contributed by atoms with Gasteiger partial charge in [-0.1, -0.05) is 0 Å². The predicted octanol–water partition coefficient (Wildman–Crippen LogP) is 0.510. The third kappa shape index (κ3) is 4.31. The minimum atomic E-state index is 0.828. The van der Waals surface area contributed by atoms with E-state index in [1.165, 1.54) is 0 Å². The minimum Gasteiger partial charge on any atom is -0.369 e. The summed E-state index contributed by atoms with van der Waals surface area (Å²) in [5.74, 6) is 2.79. The zero-order valence-electron chi connectivity index (χ0n) is 13.1. The van der Waals surface area contributed by atoms with Crippen LogP contribution in [0.15, 0.2) is 6.07 Å². The van der Waals surface area contributed by atoms with Gasteiger partial charge in [0.1, 0.15) is 17.5 Å². The van der Waals surface area contributed by atoms with Gasteiger partial charge in [0.15, 0.2) is 0 Å². The first-order valence-corrected chi connectivity index (χ1v) is 7.22. The molecule has 0 saturated carbocycles. The summed E-state index contributed by atoms with van der Waals surface area (Å²) in [4.78, 5) is 15.9. The molecule has 112 valence electrons. The van der Waals surface area contributed by atoms with E-state index in [4.69, 9.17) is 0 Å². The number of likely N-dealkylation sites (N-methyl/N-ethyl adjacent to an activating group) is 2. The minimum absolute atomic E-state index is 0.828. The van der Waals surface area contributed by atoms with E-state index < -0.39 is 0 Å². The Labute approximate surface area is 121 Å². The van der Waals surface area contributed by atoms with Crippen LogP contribution in [0, 0.1) is 6.92 Å². The summed E-state index contributed by atoms with van der Waals surface area (Å²) in [7, 11) is 6.31. The highest BCUT2D eigenvalue weighted by atomic mass is 15.3. The Kier molecular flexibility index (Phi) is 5.14. The van der Waals surface area contributed by atoms with E-state index in [1.807, 2.05) is 6.92 Å². The van der Waals surface area contributed by atoms with Crippen LogP contribution in [0.1, 0.15) is 5.82 Å². The molecule has 1 saturated heterocycles. The summed E-state index contributed by atoms with van der Waals surface area (Å²) < 4.78 is 0. The number of hydrogen-bond donors (Lipinski definition) is 1. The average Bonchev–Trinajstić information content (AvgIpc) is 2.38. The predicted molar refractivity (Wildman–Crippen MR) is 83.5 cm³/mol. The third-order valence-electron chi connectivity index (χ3n) is 3.52. The molecular weight excluding hydrogens is 252 g/mol. The molecule has 6 nitrogen and oxygen atoms in total. The standard InChI is InChI=1S/C14H26N6/c1-12-16-13(15-5-6-18(2)3)11-14(17-12)20-9-7-19(4)8-10-20/h11H,5-10H2,1-4H3,(H,15,16,17). The lowest BCUT2D eigenvalue weighted by molar-refractivity contribution is 0.312. The van der Waals surface area contributed by atoms with Crippen molar-refractivity contribution in [2.45, 2.75) is 6.92 Å². The first-order chi connectivity index (χ1) is 9.54. The van der Waals surface area contributed by atoms with Crippen molar-refractivity contribution in [2.24, 2.45) is 0 Å². The number of anilines is 2. The second-order valence-electron chi connectivity index (χ2n) is 5.68. The molecule has 0 bridgehead atoms. The summed E-state index contributed by atoms with van der Waals surface area (Å²) in [6, 6.07) is 2.06. The quantitative estimate of drug-likeness (QED) is 0.847. The Morgan fingerprint density at radius 1 is 1.20 bits per heavy atom. The molecule has 0 radical (unpaired) electrons. The summed E-state index contributed by atoms with van der Waals surface area (Å²) in [6.45, 7) is 8.09. The summed E-state index contributed by atoms with van der Waals surface area (Å²) >= 11 is 0. The lowest BCUT2D eigenvalue weighted by atomic mass is 10.3. The highest BCUT2D eigenvalue weighted by Gasteiger charge is 2.16. The number of piperazine rings is 1. The molecule has 2 heterocycles. The zero-order valence-corrected chi connectivity index (χ0v) is 13.1. The molecule has 1 aliphatic heterocycles. The van der Waals surface area contributed by atoms with Gasteiger partial charge in [0, 0.05) is 45.3 Å². The van der Waals surface area contributed by atoms with Crippen LogP contribution >= 0.6 is 0 Å². The van der Waals surface area contributed by atoms with Crippen molar-refractivity contribution in [3.8, 4) is 0 Å². The Morgan fingerprint density at radius 2 is 1.90 bits per heavy atom. The fraction of sp³-hybridized carbons (Fsp3) is 0.714. The Morgan fingerprint density at radius 3 is 2.55 bits per heavy atom. The maximum absolute atomic E-state index is 4.57. The third-order valence-corrected chi connectivity index (χ3v) is 3.52. The van der Waals surface area contributed by atoms with Crippen molar-refractivity contribution in [3.63, 3.8) is 0 Å². The highest BCUT2D eigenvalue weighted by Crippen LogP contribution is 2.17. The average molecular weight is 278 g/mol. The van der Waals surface area contributed by atoms with E-state index in [2.05, 4.69) is 57.2 Å². The van der Waals surface area contributed by atoms with Gasteiger partial charge in [-0.15, -0.1) is 0 Å². The monoisotopic (exact) mass is 278 g/mol. The fourth-order valence-corrected chi connectivity index (χ4v) is 2.25. The molecule has 0 aliphatic carbocycles. The molecule has 1 aromatic rings. The van der Waals surface area contributed by atoms with E-state index in [0.29, 0.717) is 0 Å².